The van der Waals surface area contributed by atoms with E-state index < -0.39 is 0 Å². The standard InChI is InChI=1S/C18H22NO3/c1-19-13-5-4-6-16(19)10-7-15-8-11-17(12-9-15)22-14-18(20-2)21-3/h4-13,18H,14H2,1-3H3/q+1/b10-7+. The molecule has 0 saturated carbocycles. The second kappa shape index (κ2) is 8.32. The van der Waals surface area contributed by atoms with Crippen LogP contribution in [0.15, 0.2) is 48.7 Å². The second-order valence-corrected chi connectivity index (χ2v) is 4.85. The number of benzene rings is 1. The predicted octanol–water partition coefficient (Wildman–Crippen LogP) is 2.68. The molecule has 0 atom stereocenters. The molecule has 0 unspecified atom stereocenters. The van der Waals surface area contributed by atoms with E-state index in [1.807, 2.05) is 49.6 Å². The number of rotatable bonds is 7. The molecule has 0 N–H and O–H groups in total. The molecule has 1 aromatic heterocycles. The summed E-state index contributed by atoms with van der Waals surface area (Å²) in [7, 11) is 5.21. The zero-order chi connectivity index (χ0) is 15.8. The van der Waals surface area contributed by atoms with Crippen LogP contribution in [0.25, 0.3) is 12.2 Å². The van der Waals surface area contributed by atoms with Gasteiger partial charge in [0.1, 0.15) is 19.4 Å². The van der Waals surface area contributed by atoms with Gasteiger partial charge in [0.15, 0.2) is 12.5 Å². The van der Waals surface area contributed by atoms with Crippen LogP contribution in [-0.2, 0) is 16.5 Å². The minimum atomic E-state index is -0.349. The molecule has 0 aliphatic rings. The van der Waals surface area contributed by atoms with Crippen LogP contribution >= 0.6 is 0 Å². The lowest BCUT2D eigenvalue weighted by atomic mass is 10.2. The molecule has 0 fully saturated rings. The SMILES string of the molecule is COC(COc1ccc(/C=C/c2cccc[n+]2C)cc1)OC. The molecule has 116 valence electrons. The molecular formula is C18H22NO3+. The van der Waals surface area contributed by atoms with Crippen LogP contribution in [0.2, 0.25) is 0 Å². The van der Waals surface area contributed by atoms with Gasteiger partial charge in [0.2, 0.25) is 5.69 Å². The Hall–Kier alpha value is -2.17. The van der Waals surface area contributed by atoms with Crippen molar-refractivity contribution in [3.05, 3.63) is 59.9 Å². The number of hydrogen-bond donors (Lipinski definition) is 0. The zero-order valence-electron chi connectivity index (χ0n) is 13.2. The Labute approximate surface area is 131 Å². The highest BCUT2D eigenvalue weighted by atomic mass is 16.7. The Morgan fingerprint density at radius 3 is 2.36 bits per heavy atom. The minimum absolute atomic E-state index is 0.349. The van der Waals surface area contributed by atoms with Crippen molar-refractivity contribution in [3.8, 4) is 5.75 Å². The number of hydrogen-bond acceptors (Lipinski definition) is 3. The van der Waals surface area contributed by atoms with Gasteiger partial charge in [-0.1, -0.05) is 12.1 Å². The van der Waals surface area contributed by atoms with Gasteiger partial charge < -0.3 is 14.2 Å². The van der Waals surface area contributed by atoms with Gasteiger partial charge in [-0.25, -0.2) is 4.57 Å². The van der Waals surface area contributed by atoms with Gasteiger partial charge in [0.25, 0.3) is 0 Å². The van der Waals surface area contributed by atoms with E-state index in [2.05, 4.69) is 22.8 Å². The molecule has 0 bridgehead atoms. The lowest BCUT2D eigenvalue weighted by molar-refractivity contribution is -0.673. The highest BCUT2D eigenvalue weighted by Gasteiger charge is 2.05. The first-order valence-corrected chi connectivity index (χ1v) is 7.14. The van der Waals surface area contributed by atoms with E-state index in [0.29, 0.717) is 6.61 Å². The van der Waals surface area contributed by atoms with Crippen LogP contribution in [0.1, 0.15) is 11.3 Å². The van der Waals surface area contributed by atoms with Gasteiger partial charge in [-0.15, -0.1) is 0 Å². The summed E-state index contributed by atoms with van der Waals surface area (Å²) in [6.07, 6.45) is 5.84. The summed E-state index contributed by atoms with van der Waals surface area (Å²) in [6.45, 7) is 0.363. The Morgan fingerprint density at radius 1 is 1.00 bits per heavy atom. The van der Waals surface area contributed by atoms with E-state index >= 15 is 0 Å². The molecule has 0 aliphatic carbocycles. The zero-order valence-corrected chi connectivity index (χ0v) is 13.2. The molecule has 4 nitrogen and oxygen atoms in total. The third kappa shape index (κ3) is 4.69. The number of ether oxygens (including phenoxy) is 3. The van der Waals surface area contributed by atoms with E-state index in [0.717, 1.165) is 17.0 Å². The van der Waals surface area contributed by atoms with Crippen LogP contribution in [0.5, 0.6) is 5.75 Å². The molecule has 0 radical (unpaired) electrons. The Balaban J connectivity index is 1.96. The van der Waals surface area contributed by atoms with Gasteiger partial charge in [-0.3, -0.25) is 0 Å². The Bertz CT molecular complexity index is 604. The molecular weight excluding hydrogens is 278 g/mol. The molecule has 22 heavy (non-hydrogen) atoms. The van der Waals surface area contributed by atoms with Crippen molar-refractivity contribution in [2.75, 3.05) is 20.8 Å². The number of nitrogens with zero attached hydrogens (tertiary/aromatic N) is 1. The van der Waals surface area contributed by atoms with Crippen molar-refractivity contribution in [3.63, 3.8) is 0 Å². The van der Waals surface area contributed by atoms with Gasteiger partial charge in [0, 0.05) is 32.4 Å². The van der Waals surface area contributed by atoms with Crippen LogP contribution in [0.3, 0.4) is 0 Å². The first-order valence-electron chi connectivity index (χ1n) is 7.14. The Morgan fingerprint density at radius 2 is 1.73 bits per heavy atom. The summed E-state index contributed by atoms with van der Waals surface area (Å²) >= 11 is 0. The van der Waals surface area contributed by atoms with Gasteiger partial charge in [0.05, 0.1) is 0 Å². The van der Waals surface area contributed by atoms with Gasteiger partial charge >= 0.3 is 0 Å². The van der Waals surface area contributed by atoms with Gasteiger partial charge in [-0.05, 0) is 29.8 Å². The van der Waals surface area contributed by atoms with Crippen LogP contribution in [0, 0.1) is 0 Å². The van der Waals surface area contributed by atoms with Crippen molar-refractivity contribution >= 4 is 12.2 Å². The Kier molecular flexibility index (Phi) is 6.13. The van der Waals surface area contributed by atoms with Crippen molar-refractivity contribution in [2.24, 2.45) is 7.05 Å². The summed E-state index contributed by atoms with van der Waals surface area (Å²) in [5, 5.41) is 0. The van der Waals surface area contributed by atoms with Crippen LogP contribution in [-0.4, -0.2) is 27.1 Å². The van der Waals surface area contributed by atoms with E-state index in [1.165, 1.54) is 0 Å². The van der Waals surface area contributed by atoms with E-state index in [9.17, 15) is 0 Å². The van der Waals surface area contributed by atoms with Crippen molar-refractivity contribution in [1.82, 2.24) is 0 Å². The number of methoxy groups -OCH3 is 2. The summed E-state index contributed by atoms with van der Waals surface area (Å²) in [6, 6.07) is 14.0. The topological polar surface area (TPSA) is 31.6 Å². The molecule has 1 heterocycles. The largest absolute Gasteiger partial charge is 0.488 e. The predicted molar refractivity (Wildman–Crippen MR) is 86.3 cm³/mol. The smallest absolute Gasteiger partial charge is 0.204 e. The molecule has 0 amide bonds. The summed E-state index contributed by atoms with van der Waals surface area (Å²) in [5.74, 6) is 0.793. The van der Waals surface area contributed by atoms with Crippen molar-refractivity contribution in [1.29, 1.82) is 0 Å². The fraction of sp³-hybridized carbons (Fsp3) is 0.278. The number of aryl methyl sites for hydroxylation is 1. The van der Waals surface area contributed by atoms with Crippen molar-refractivity contribution < 1.29 is 18.8 Å². The highest BCUT2D eigenvalue weighted by molar-refractivity contribution is 5.67. The molecule has 2 aromatic rings. The average Bonchev–Trinajstić information content (AvgIpc) is 2.56. The molecule has 0 aliphatic heterocycles. The normalized spacial score (nSPS) is 11.3. The fourth-order valence-electron chi connectivity index (χ4n) is 1.96. The maximum atomic E-state index is 5.61. The first-order chi connectivity index (χ1) is 10.7. The molecule has 4 heteroatoms. The lowest BCUT2D eigenvalue weighted by Gasteiger charge is -2.14. The summed E-state index contributed by atoms with van der Waals surface area (Å²) in [4.78, 5) is 0. The van der Waals surface area contributed by atoms with E-state index in [-0.39, 0.29) is 6.29 Å². The number of aromatic nitrogens is 1. The molecule has 2 rings (SSSR count). The quantitative estimate of drug-likeness (QED) is 0.582. The van der Waals surface area contributed by atoms with Crippen molar-refractivity contribution in [2.45, 2.75) is 6.29 Å². The van der Waals surface area contributed by atoms with Gasteiger partial charge in [-0.2, -0.15) is 0 Å². The monoisotopic (exact) mass is 300 g/mol. The third-order valence-corrected chi connectivity index (χ3v) is 3.33. The fourth-order valence-corrected chi connectivity index (χ4v) is 1.96. The summed E-state index contributed by atoms with van der Waals surface area (Å²) in [5.41, 5.74) is 2.26. The average molecular weight is 300 g/mol. The first kappa shape index (κ1) is 16.2. The minimum Gasteiger partial charge on any atom is -0.488 e. The molecule has 0 spiro atoms. The maximum Gasteiger partial charge on any atom is 0.204 e. The van der Waals surface area contributed by atoms with Crippen LogP contribution in [0.4, 0.5) is 0 Å². The summed E-state index contributed by atoms with van der Waals surface area (Å²) < 4.78 is 17.8. The second-order valence-electron chi connectivity index (χ2n) is 4.85. The van der Waals surface area contributed by atoms with E-state index in [4.69, 9.17) is 14.2 Å². The third-order valence-electron chi connectivity index (χ3n) is 3.33. The maximum absolute atomic E-state index is 5.61. The number of pyridine rings is 1. The molecule has 0 saturated heterocycles. The van der Waals surface area contributed by atoms with E-state index in [1.54, 1.807) is 14.2 Å². The van der Waals surface area contributed by atoms with Crippen LogP contribution < -0.4 is 9.30 Å². The highest BCUT2D eigenvalue weighted by Crippen LogP contribution is 2.14. The lowest BCUT2D eigenvalue weighted by Crippen LogP contribution is -2.30. The molecule has 1 aromatic carbocycles.